The normalized spacial score (nSPS) is 35.2. The van der Waals surface area contributed by atoms with E-state index in [2.05, 4.69) is 17.0 Å². The summed E-state index contributed by atoms with van der Waals surface area (Å²) < 4.78 is 4.66. The third kappa shape index (κ3) is 2.34. The summed E-state index contributed by atoms with van der Waals surface area (Å²) >= 11 is 0. The molecule has 1 fully saturated rings. The Morgan fingerprint density at radius 1 is 1.69 bits per heavy atom. The second kappa shape index (κ2) is 4.42. The van der Waals surface area contributed by atoms with Crippen LogP contribution in [0.2, 0.25) is 0 Å². The fourth-order valence-corrected chi connectivity index (χ4v) is 1.80. The minimum atomic E-state index is -0.192. The maximum absolute atomic E-state index is 11.1. The molecule has 0 saturated carbocycles. The Bertz CT molecular complexity index is 252. The maximum atomic E-state index is 11.1. The second-order valence-corrected chi connectivity index (χ2v) is 3.50. The Hall–Kier alpha value is 0.612. The number of methoxy groups -OCH3 is 1. The van der Waals surface area contributed by atoms with Gasteiger partial charge in [-0.3, -0.25) is 0 Å². The Morgan fingerprint density at radius 2 is 2.38 bits per heavy atom. The summed E-state index contributed by atoms with van der Waals surface area (Å²) in [6.45, 7) is 2.13. The second-order valence-electron chi connectivity index (χ2n) is 3.50. The van der Waals surface area contributed by atoms with Gasteiger partial charge in [0.15, 0.2) is 0 Å². The summed E-state index contributed by atoms with van der Waals surface area (Å²) in [6, 6.07) is 0.793. The van der Waals surface area contributed by atoms with Crippen molar-refractivity contribution in [3.05, 3.63) is 17.0 Å². The molecule has 0 aromatic carbocycles. The molecule has 1 aliphatic carbocycles. The Kier molecular flexibility index (Phi) is 3.97. The van der Waals surface area contributed by atoms with Gasteiger partial charge in [0.25, 0.3) is 0 Å². The number of esters is 1. The van der Waals surface area contributed by atoms with E-state index in [1.807, 2.05) is 6.08 Å². The van der Waals surface area contributed by atoms with Crippen molar-refractivity contribution in [2.24, 2.45) is 5.92 Å². The Labute approximate surface area is 114 Å². The van der Waals surface area contributed by atoms with E-state index < -0.39 is 0 Å². The molecule has 4 heteroatoms. The van der Waals surface area contributed by atoms with Gasteiger partial charge in [0.05, 0.1) is 7.11 Å². The first-order valence-corrected chi connectivity index (χ1v) is 4.21. The van der Waals surface area contributed by atoms with Crippen molar-refractivity contribution < 1.29 is 53.6 Å². The third-order valence-corrected chi connectivity index (χ3v) is 2.55. The SMILES string of the molecule is COC(=O)C1=CC2[N-]C2[C@H](C)C1.[Ac]. The smallest absolute Gasteiger partial charge is 0.333 e. The van der Waals surface area contributed by atoms with E-state index >= 15 is 0 Å². The van der Waals surface area contributed by atoms with E-state index in [0.717, 1.165) is 12.0 Å². The molecule has 1 saturated heterocycles. The quantitative estimate of drug-likeness (QED) is 0.497. The molecule has 0 spiro atoms. The number of ether oxygens (including phenoxy) is 1. The van der Waals surface area contributed by atoms with Gasteiger partial charge in [-0.25, -0.2) is 4.79 Å². The molecule has 0 amide bonds. The molecule has 3 nitrogen and oxygen atoms in total. The summed E-state index contributed by atoms with van der Waals surface area (Å²) in [5, 5.41) is 4.32. The molecule has 69 valence electrons. The van der Waals surface area contributed by atoms with Crippen LogP contribution in [0.3, 0.4) is 0 Å². The predicted molar refractivity (Wildman–Crippen MR) is 44.8 cm³/mol. The number of hydrogen-bond donors (Lipinski definition) is 0. The average molecular weight is 393 g/mol. The van der Waals surface area contributed by atoms with Crippen LogP contribution >= 0.6 is 0 Å². The summed E-state index contributed by atoms with van der Waals surface area (Å²) in [7, 11) is 1.42. The zero-order chi connectivity index (χ0) is 8.72. The van der Waals surface area contributed by atoms with Crippen molar-refractivity contribution in [3.8, 4) is 0 Å². The van der Waals surface area contributed by atoms with Gasteiger partial charge in [-0.2, -0.15) is 0 Å². The first-order chi connectivity index (χ1) is 5.72. The first kappa shape index (κ1) is 11.7. The van der Waals surface area contributed by atoms with E-state index in [1.165, 1.54) is 7.11 Å². The summed E-state index contributed by atoms with van der Waals surface area (Å²) in [4.78, 5) is 11.1. The van der Waals surface area contributed by atoms with Gasteiger partial charge in [0.1, 0.15) is 0 Å². The molecule has 2 unspecified atom stereocenters. The van der Waals surface area contributed by atoms with Crippen molar-refractivity contribution >= 4 is 5.97 Å². The molecular formula is C9H12AcNO2-. The predicted octanol–water partition coefficient (Wildman–Crippen LogP) is 1.25. The van der Waals surface area contributed by atoms with Crippen LogP contribution in [-0.2, 0) is 9.53 Å². The van der Waals surface area contributed by atoms with Crippen molar-refractivity contribution in [1.29, 1.82) is 0 Å². The number of rotatable bonds is 1. The molecule has 13 heavy (non-hydrogen) atoms. The van der Waals surface area contributed by atoms with Crippen molar-refractivity contribution in [2.75, 3.05) is 7.11 Å². The van der Waals surface area contributed by atoms with E-state index in [0.29, 0.717) is 18.0 Å². The molecule has 1 heterocycles. The van der Waals surface area contributed by atoms with Gasteiger partial charge in [-0.1, -0.05) is 18.9 Å². The minimum Gasteiger partial charge on any atom is -0.655 e. The molecule has 0 aromatic rings. The number of fused-ring (bicyclic) bond motifs is 1. The van der Waals surface area contributed by atoms with Crippen LogP contribution in [0.15, 0.2) is 11.6 Å². The fourth-order valence-electron chi connectivity index (χ4n) is 1.80. The fraction of sp³-hybridized carbons (Fsp3) is 0.667. The molecular weight excluding hydrogens is 381 g/mol. The number of carbonyl (C=O) groups is 1. The molecule has 3 atom stereocenters. The van der Waals surface area contributed by atoms with E-state index in [9.17, 15) is 4.79 Å². The number of hydrogen-bond acceptors (Lipinski definition) is 2. The average Bonchev–Trinajstić information content (AvgIpc) is 2.82. The monoisotopic (exact) mass is 393 g/mol. The van der Waals surface area contributed by atoms with Gasteiger partial charge in [0, 0.05) is 49.6 Å². The van der Waals surface area contributed by atoms with Crippen molar-refractivity contribution in [3.63, 3.8) is 0 Å². The third-order valence-electron chi connectivity index (χ3n) is 2.55. The van der Waals surface area contributed by atoms with Gasteiger partial charge < -0.3 is 10.1 Å². The zero-order valence-electron chi connectivity index (χ0n) is 7.86. The molecule has 2 rings (SSSR count). The standard InChI is InChI=1S/C9H12NO2.Ac/c1-5-3-6(9(11)12-2)4-7-8(5)10-7;/h4-5,7-8H,3H2,1-2H3;/q-1;/t5-,7?,8?;/m1./s1. The van der Waals surface area contributed by atoms with Gasteiger partial charge >= 0.3 is 5.97 Å². The summed E-state index contributed by atoms with van der Waals surface area (Å²) in [5.41, 5.74) is 0.799. The van der Waals surface area contributed by atoms with Crippen LogP contribution in [0.25, 0.3) is 5.32 Å². The van der Waals surface area contributed by atoms with Gasteiger partial charge in [0.2, 0.25) is 0 Å². The topological polar surface area (TPSA) is 40.4 Å². The van der Waals surface area contributed by atoms with Crippen LogP contribution in [0, 0.1) is 50.0 Å². The number of nitrogens with zero attached hydrogens (tertiary/aromatic N) is 1. The van der Waals surface area contributed by atoms with Crippen LogP contribution in [0.4, 0.5) is 0 Å². The minimum absolute atomic E-state index is 0. The van der Waals surface area contributed by atoms with Crippen molar-refractivity contribution in [2.45, 2.75) is 25.4 Å². The van der Waals surface area contributed by atoms with Crippen LogP contribution in [0.1, 0.15) is 13.3 Å². The van der Waals surface area contributed by atoms with Crippen LogP contribution < -0.4 is 0 Å². The van der Waals surface area contributed by atoms with Crippen molar-refractivity contribution in [1.82, 2.24) is 0 Å². The summed E-state index contributed by atoms with van der Waals surface area (Å²) in [5.74, 6) is 0.316. The molecule has 0 N–H and O–H groups in total. The molecule has 1 radical (unpaired) electrons. The van der Waals surface area contributed by atoms with E-state index in [1.54, 1.807) is 0 Å². The van der Waals surface area contributed by atoms with E-state index in [-0.39, 0.29) is 50.0 Å². The van der Waals surface area contributed by atoms with Crippen LogP contribution in [-0.4, -0.2) is 25.2 Å². The number of carbonyl (C=O) groups excluding carboxylic acids is 1. The van der Waals surface area contributed by atoms with Crippen LogP contribution in [0.5, 0.6) is 0 Å². The Balaban J connectivity index is 0.000000845. The molecule has 1 aliphatic heterocycles. The largest absolute Gasteiger partial charge is 0.655 e. The van der Waals surface area contributed by atoms with Gasteiger partial charge in [-0.05, 0) is 6.42 Å². The van der Waals surface area contributed by atoms with E-state index in [4.69, 9.17) is 0 Å². The zero-order valence-corrected chi connectivity index (χ0v) is 12.6. The Morgan fingerprint density at radius 3 is 2.92 bits per heavy atom. The maximum Gasteiger partial charge on any atom is 0.333 e. The molecule has 0 aromatic heterocycles. The first-order valence-electron chi connectivity index (χ1n) is 4.21. The van der Waals surface area contributed by atoms with Gasteiger partial charge in [-0.15, -0.1) is 12.1 Å². The molecule has 0 bridgehead atoms. The summed E-state index contributed by atoms with van der Waals surface area (Å²) in [6.07, 6.45) is 2.76. The molecule has 2 aliphatic rings.